The van der Waals surface area contributed by atoms with Crippen molar-refractivity contribution in [3.05, 3.63) is 58.6 Å². The number of primary amides is 1. The molecule has 3 N–H and O–H groups in total. The number of amides is 1. The first-order valence-corrected chi connectivity index (χ1v) is 11.2. The fraction of sp³-hybridized carbons (Fsp3) is 0.435. The van der Waals surface area contributed by atoms with Gasteiger partial charge in [-0.3, -0.25) is 4.79 Å². The highest BCUT2D eigenvalue weighted by molar-refractivity contribution is 5.92. The lowest BCUT2D eigenvalue weighted by molar-refractivity contribution is -0.141. The van der Waals surface area contributed by atoms with Gasteiger partial charge in [-0.05, 0) is 62.8 Å². The third kappa shape index (κ3) is 3.91. The van der Waals surface area contributed by atoms with Gasteiger partial charge >= 0.3 is 6.18 Å². The Hall–Kier alpha value is -3.48. The lowest BCUT2D eigenvalue weighted by atomic mass is 9.51. The summed E-state index contributed by atoms with van der Waals surface area (Å²) >= 11 is 0. The second-order valence-electron chi connectivity index (χ2n) is 9.49. The zero-order valence-corrected chi connectivity index (χ0v) is 18.6. The number of halogens is 5. The fourth-order valence-electron chi connectivity index (χ4n) is 5.39. The number of rotatable bonds is 5. The molecule has 36 heavy (non-hydrogen) atoms. The molecule has 190 valence electrons. The molecule has 0 radical (unpaired) electrons. The largest absolute Gasteiger partial charge is 0.435 e. The standard InChI is InChI=1S/C23H20F5N5O3/c24-12-9-11(18(29)35)10-13(25)16(12)17(34)21-3-6-22(7-4-21,8-5-21)20-30-19(33-36-20)14-1-2-15(32-31-14)23(26,27)28/h1-2,9-10,17,34H,3-8H2,(H2,29,35). The van der Waals surface area contributed by atoms with Crippen LogP contribution in [0.1, 0.15) is 72.1 Å². The second kappa shape index (κ2) is 8.29. The average Bonchev–Trinajstić information content (AvgIpc) is 3.35. The van der Waals surface area contributed by atoms with Crippen LogP contribution in [0.15, 0.2) is 28.8 Å². The van der Waals surface area contributed by atoms with Gasteiger partial charge in [0.15, 0.2) is 5.69 Å². The predicted molar refractivity (Wildman–Crippen MR) is 112 cm³/mol. The van der Waals surface area contributed by atoms with Crippen LogP contribution >= 0.6 is 0 Å². The van der Waals surface area contributed by atoms with Crippen LogP contribution in [0.3, 0.4) is 0 Å². The molecule has 3 aromatic rings. The Bertz CT molecular complexity index is 1280. The maximum Gasteiger partial charge on any atom is 0.435 e. The summed E-state index contributed by atoms with van der Waals surface area (Å²) in [5.74, 6) is -2.75. The number of hydrogen-bond acceptors (Lipinski definition) is 7. The van der Waals surface area contributed by atoms with Gasteiger partial charge in [0.05, 0.1) is 11.7 Å². The van der Waals surface area contributed by atoms with Gasteiger partial charge in [-0.2, -0.15) is 18.2 Å². The zero-order chi connectivity index (χ0) is 25.9. The summed E-state index contributed by atoms with van der Waals surface area (Å²) in [6.07, 6.45) is -3.32. The Kier molecular flexibility index (Phi) is 5.58. The molecule has 6 rings (SSSR count). The first-order chi connectivity index (χ1) is 16.9. The van der Waals surface area contributed by atoms with E-state index in [-0.39, 0.29) is 17.1 Å². The summed E-state index contributed by atoms with van der Waals surface area (Å²) in [7, 11) is 0. The topological polar surface area (TPSA) is 128 Å². The van der Waals surface area contributed by atoms with E-state index in [1.165, 1.54) is 0 Å². The summed E-state index contributed by atoms with van der Waals surface area (Å²) in [5, 5.41) is 21.6. The van der Waals surface area contributed by atoms with Crippen molar-refractivity contribution in [1.82, 2.24) is 20.3 Å². The zero-order valence-electron chi connectivity index (χ0n) is 18.6. The number of hydrogen-bond donors (Lipinski definition) is 2. The normalized spacial score (nSPS) is 24.6. The number of aromatic nitrogens is 4. The van der Waals surface area contributed by atoms with Gasteiger partial charge in [0.25, 0.3) is 0 Å². The highest BCUT2D eigenvalue weighted by Crippen LogP contribution is 2.62. The first-order valence-electron chi connectivity index (χ1n) is 11.2. The van der Waals surface area contributed by atoms with Crippen molar-refractivity contribution in [1.29, 1.82) is 0 Å². The molecule has 1 atom stereocenters. The number of benzene rings is 1. The average molecular weight is 509 g/mol. The molecular weight excluding hydrogens is 489 g/mol. The Morgan fingerprint density at radius 3 is 2.14 bits per heavy atom. The number of carbonyl (C=O) groups excluding carboxylic acids is 1. The number of nitrogens with zero attached hydrogens (tertiary/aromatic N) is 4. The molecule has 3 fully saturated rings. The molecule has 0 spiro atoms. The summed E-state index contributed by atoms with van der Waals surface area (Å²) in [6, 6.07) is 3.53. The van der Waals surface area contributed by atoms with E-state index in [2.05, 4.69) is 20.3 Å². The van der Waals surface area contributed by atoms with E-state index in [0.29, 0.717) is 44.4 Å². The number of fused-ring (bicyclic) bond motifs is 3. The van der Waals surface area contributed by atoms with E-state index in [0.717, 1.165) is 24.3 Å². The molecule has 3 aliphatic rings. The first kappa shape index (κ1) is 24.2. The third-order valence-corrected chi connectivity index (χ3v) is 7.59. The number of aliphatic hydroxyl groups is 1. The van der Waals surface area contributed by atoms with Crippen molar-refractivity contribution in [2.45, 2.75) is 56.2 Å². The van der Waals surface area contributed by atoms with E-state index >= 15 is 0 Å². The van der Waals surface area contributed by atoms with Crippen LogP contribution in [-0.4, -0.2) is 31.4 Å². The minimum Gasteiger partial charge on any atom is -0.388 e. The quantitative estimate of drug-likeness (QED) is 0.492. The van der Waals surface area contributed by atoms with Crippen LogP contribution < -0.4 is 5.73 Å². The number of alkyl halides is 3. The lowest BCUT2D eigenvalue weighted by Crippen LogP contribution is -2.47. The molecule has 3 saturated carbocycles. The lowest BCUT2D eigenvalue weighted by Gasteiger charge is -2.53. The Balaban J connectivity index is 1.35. The fourth-order valence-corrected chi connectivity index (χ4v) is 5.39. The van der Waals surface area contributed by atoms with Crippen LogP contribution in [0.2, 0.25) is 0 Å². The molecular formula is C23H20F5N5O3. The number of nitrogens with two attached hydrogens (primary N) is 1. The summed E-state index contributed by atoms with van der Waals surface area (Å²) in [6.45, 7) is 0. The molecule has 2 aromatic heterocycles. The van der Waals surface area contributed by atoms with Crippen molar-refractivity contribution < 1.29 is 36.4 Å². The Labute approximate surface area is 200 Å². The van der Waals surface area contributed by atoms with Crippen LogP contribution in [0.4, 0.5) is 22.0 Å². The van der Waals surface area contributed by atoms with Crippen molar-refractivity contribution in [2.75, 3.05) is 0 Å². The van der Waals surface area contributed by atoms with Gasteiger partial charge in [-0.15, -0.1) is 10.2 Å². The summed E-state index contributed by atoms with van der Waals surface area (Å²) in [4.78, 5) is 15.6. The number of aliphatic hydroxyl groups excluding tert-OH is 1. The summed E-state index contributed by atoms with van der Waals surface area (Å²) < 4.78 is 73.0. The monoisotopic (exact) mass is 509 g/mol. The molecule has 1 amide bonds. The minimum atomic E-state index is -4.62. The molecule has 0 aliphatic heterocycles. The predicted octanol–water partition coefficient (Wildman–Crippen LogP) is 4.25. The maximum atomic E-state index is 14.7. The van der Waals surface area contributed by atoms with Crippen LogP contribution in [0.25, 0.3) is 11.5 Å². The van der Waals surface area contributed by atoms with Crippen LogP contribution in [0, 0.1) is 17.0 Å². The molecule has 1 unspecified atom stereocenters. The van der Waals surface area contributed by atoms with E-state index in [4.69, 9.17) is 10.3 Å². The van der Waals surface area contributed by atoms with Gasteiger partial charge in [0, 0.05) is 16.4 Å². The van der Waals surface area contributed by atoms with Gasteiger partial charge in [-0.1, -0.05) is 5.16 Å². The minimum absolute atomic E-state index is 0.00160. The van der Waals surface area contributed by atoms with Crippen LogP contribution in [0.5, 0.6) is 0 Å². The van der Waals surface area contributed by atoms with Gasteiger partial charge in [-0.25, -0.2) is 8.78 Å². The highest BCUT2D eigenvalue weighted by atomic mass is 19.4. The van der Waals surface area contributed by atoms with E-state index in [1.807, 2.05) is 0 Å². The Morgan fingerprint density at radius 1 is 1.03 bits per heavy atom. The molecule has 2 heterocycles. The van der Waals surface area contributed by atoms with Crippen molar-refractivity contribution >= 4 is 5.91 Å². The van der Waals surface area contributed by atoms with E-state index in [1.54, 1.807) is 0 Å². The van der Waals surface area contributed by atoms with Crippen molar-refractivity contribution in [3.63, 3.8) is 0 Å². The van der Waals surface area contributed by atoms with Crippen molar-refractivity contribution in [3.8, 4) is 11.5 Å². The molecule has 8 nitrogen and oxygen atoms in total. The SMILES string of the molecule is NC(=O)c1cc(F)c(C(O)C23CCC(c4nc(-c5ccc(C(F)(F)F)nn5)no4)(CC2)CC3)c(F)c1. The molecule has 1 aromatic carbocycles. The van der Waals surface area contributed by atoms with Gasteiger partial charge in [0.1, 0.15) is 17.3 Å². The van der Waals surface area contributed by atoms with Crippen LogP contribution in [-0.2, 0) is 11.6 Å². The highest BCUT2D eigenvalue weighted by Gasteiger charge is 2.55. The third-order valence-electron chi connectivity index (χ3n) is 7.59. The van der Waals surface area contributed by atoms with Crippen molar-refractivity contribution in [2.24, 2.45) is 11.1 Å². The molecule has 3 aliphatic carbocycles. The van der Waals surface area contributed by atoms with Gasteiger partial charge in [0.2, 0.25) is 17.6 Å². The maximum absolute atomic E-state index is 14.7. The summed E-state index contributed by atoms with van der Waals surface area (Å²) in [5.41, 5.74) is 1.87. The molecule has 13 heteroatoms. The number of carbonyl (C=O) groups is 1. The second-order valence-corrected chi connectivity index (χ2v) is 9.49. The van der Waals surface area contributed by atoms with E-state index in [9.17, 15) is 31.9 Å². The van der Waals surface area contributed by atoms with Gasteiger partial charge < -0.3 is 15.4 Å². The Morgan fingerprint density at radius 2 is 1.64 bits per heavy atom. The molecule has 0 saturated heterocycles. The molecule has 2 bridgehead atoms. The smallest absolute Gasteiger partial charge is 0.388 e. The van der Waals surface area contributed by atoms with E-state index < -0.39 is 51.9 Å².